The standard InChI is InChI=1S/C13H11N/c1-9-10-5-2-3-6-11(10)12-7-4-8-14-13(9)12/h2-9H,1H3. The first kappa shape index (κ1) is 7.74. The van der Waals surface area contributed by atoms with Crippen LogP contribution in [0.4, 0.5) is 0 Å². The van der Waals surface area contributed by atoms with Gasteiger partial charge in [0, 0.05) is 17.7 Å². The molecule has 1 aliphatic carbocycles. The summed E-state index contributed by atoms with van der Waals surface area (Å²) in [6.45, 7) is 2.22. The SMILES string of the molecule is CC1c2ccccc2-c2cccnc21. The van der Waals surface area contributed by atoms with Crippen LogP contribution in [0.1, 0.15) is 24.1 Å². The Morgan fingerprint density at radius 3 is 2.71 bits per heavy atom. The van der Waals surface area contributed by atoms with E-state index in [9.17, 15) is 0 Å². The minimum Gasteiger partial charge on any atom is -0.260 e. The monoisotopic (exact) mass is 181 g/mol. The predicted molar refractivity (Wildman–Crippen MR) is 57.2 cm³/mol. The molecule has 0 aliphatic heterocycles. The van der Waals surface area contributed by atoms with Crippen LogP contribution in [0.2, 0.25) is 0 Å². The van der Waals surface area contributed by atoms with Gasteiger partial charge in [-0.3, -0.25) is 4.98 Å². The number of rotatable bonds is 0. The van der Waals surface area contributed by atoms with Crippen LogP contribution in [-0.2, 0) is 0 Å². The molecule has 1 aliphatic rings. The molecular formula is C13H11N. The summed E-state index contributed by atoms with van der Waals surface area (Å²) in [7, 11) is 0. The molecule has 1 heteroatoms. The third-order valence-corrected chi connectivity index (χ3v) is 2.97. The zero-order valence-electron chi connectivity index (χ0n) is 8.07. The van der Waals surface area contributed by atoms with Crippen molar-refractivity contribution in [2.24, 2.45) is 0 Å². The lowest BCUT2D eigenvalue weighted by Gasteiger charge is -2.03. The summed E-state index contributed by atoms with van der Waals surface area (Å²) in [6.07, 6.45) is 1.88. The molecule has 14 heavy (non-hydrogen) atoms. The maximum absolute atomic E-state index is 4.46. The molecule has 0 N–H and O–H groups in total. The molecule has 2 aromatic rings. The van der Waals surface area contributed by atoms with E-state index in [0.29, 0.717) is 5.92 Å². The number of pyridine rings is 1. The van der Waals surface area contributed by atoms with Gasteiger partial charge in [-0.15, -0.1) is 0 Å². The quantitative estimate of drug-likeness (QED) is 0.608. The zero-order valence-corrected chi connectivity index (χ0v) is 8.07. The fraction of sp³-hybridized carbons (Fsp3) is 0.154. The number of aromatic nitrogens is 1. The van der Waals surface area contributed by atoms with Crippen LogP contribution in [0.15, 0.2) is 42.6 Å². The van der Waals surface area contributed by atoms with E-state index < -0.39 is 0 Å². The van der Waals surface area contributed by atoms with Crippen LogP contribution >= 0.6 is 0 Å². The van der Waals surface area contributed by atoms with Crippen LogP contribution in [0, 0.1) is 0 Å². The van der Waals surface area contributed by atoms with Crippen LogP contribution in [0.5, 0.6) is 0 Å². The first-order valence-electron chi connectivity index (χ1n) is 4.92. The number of hydrogen-bond acceptors (Lipinski definition) is 1. The Bertz CT molecular complexity index is 443. The molecular weight excluding hydrogens is 170 g/mol. The van der Waals surface area contributed by atoms with Crippen molar-refractivity contribution < 1.29 is 0 Å². The fourth-order valence-electron chi connectivity index (χ4n) is 2.26. The van der Waals surface area contributed by atoms with Gasteiger partial charge in [0.05, 0.1) is 5.69 Å². The van der Waals surface area contributed by atoms with Gasteiger partial charge in [-0.05, 0) is 17.2 Å². The second-order valence-electron chi connectivity index (χ2n) is 3.75. The van der Waals surface area contributed by atoms with Crippen molar-refractivity contribution in [3.63, 3.8) is 0 Å². The highest BCUT2D eigenvalue weighted by Gasteiger charge is 2.25. The largest absolute Gasteiger partial charge is 0.260 e. The molecule has 3 rings (SSSR count). The Balaban J connectivity index is 2.36. The highest BCUT2D eigenvalue weighted by molar-refractivity contribution is 5.76. The summed E-state index contributed by atoms with van der Waals surface area (Å²) in [4.78, 5) is 4.46. The molecule has 1 atom stereocenters. The van der Waals surface area contributed by atoms with Gasteiger partial charge in [0.15, 0.2) is 0 Å². The minimum atomic E-state index is 0.447. The molecule has 0 saturated heterocycles. The first-order valence-corrected chi connectivity index (χ1v) is 4.92. The molecule has 0 fully saturated rings. The predicted octanol–water partition coefficient (Wildman–Crippen LogP) is 3.21. The number of hydrogen-bond donors (Lipinski definition) is 0. The van der Waals surface area contributed by atoms with E-state index in [2.05, 4.69) is 42.2 Å². The van der Waals surface area contributed by atoms with Crippen LogP contribution in [-0.4, -0.2) is 4.98 Å². The third kappa shape index (κ3) is 0.869. The molecule has 0 radical (unpaired) electrons. The molecule has 0 spiro atoms. The van der Waals surface area contributed by atoms with E-state index in [0.717, 1.165) is 0 Å². The highest BCUT2D eigenvalue weighted by atomic mass is 14.7. The van der Waals surface area contributed by atoms with Crippen molar-refractivity contribution in [2.75, 3.05) is 0 Å². The Morgan fingerprint density at radius 2 is 1.79 bits per heavy atom. The van der Waals surface area contributed by atoms with Crippen molar-refractivity contribution in [1.29, 1.82) is 0 Å². The Morgan fingerprint density at radius 1 is 1.00 bits per heavy atom. The molecule has 0 bridgehead atoms. The Labute approximate surface area is 83.4 Å². The van der Waals surface area contributed by atoms with Crippen molar-refractivity contribution in [1.82, 2.24) is 4.98 Å². The van der Waals surface area contributed by atoms with E-state index in [1.807, 2.05) is 12.3 Å². The van der Waals surface area contributed by atoms with Gasteiger partial charge in [0.2, 0.25) is 0 Å². The normalized spacial score (nSPS) is 17.6. The van der Waals surface area contributed by atoms with Crippen LogP contribution < -0.4 is 0 Å². The number of benzene rings is 1. The maximum Gasteiger partial charge on any atom is 0.0554 e. The van der Waals surface area contributed by atoms with Crippen LogP contribution in [0.3, 0.4) is 0 Å². The van der Waals surface area contributed by atoms with Gasteiger partial charge in [0.1, 0.15) is 0 Å². The second-order valence-corrected chi connectivity index (χ2v) is 3.75. The topological polar surface area (TPSA) is 12.9 Å². The zero-order chi connectivity index (χ0) is 9.54. The van der Waals surface area contributed by atoms with E-state index in [4.69, 9.17) is 0 Å². The van der Waals surface area contributed by atoms with Gasteiger partial charge >= 0.3 is 0 Å². The second kappa shape index (κ2) is 2.68. The van der Waals surface area contributed by atoms with Gasteiger partial charge in [-0.25, -0.2) is 0 Å². The molecule has 1 unspecified atom stereocenters. The molecule has 68 valence electrons. The molecule has 0 saturated carbocycles. The maximum atomic E-state index is 4.46. The van der Waals surface area contributed by atoms with Crippen LogP contribution in [0.25, 0.3) is 11.1 Å². The van der Waals surface area contributed by atoms with Crippen molar-refractivity contribution >= 4 is 0 Å². The van der Waals surface area contributed by atoms with Gasteiger partial charge in [-0.2, -0.15) is 0 Å². The molecule has 1 aromatic heterocycles. The van der Waals surface area contributed by atoms with Gasteiger partial charge in [0.25, 0.3) is 0 Å². The summed E-state index contributed by atoms with van der Waals surface area (Å²) in [5.74, 6) is 0.447. The van der Waals surface area contributed by atoms with Crippen molar-refractivity contribution in [2.45, 2.75) is 12.8 Å². The summed E-state index contributed by atoms with van der Waals surface area (Å²) in [5, 5.41) is 0. The third-order valence-electron chi connectivity index (χ3n) is 2.97. The van der Waals surface area contributed by atoms with E-state index in [1.165, 1.54) is 22.4 Å². The summed E-state index contributed by atoms with van der Waals surface area (Å²) in [5.41, 5.74) is 5.27. The molecule has 1 aromatic carbocycles. The summed E-state index contributed by atoms with van der Waals surface area (Å²) in [6, 6.07) is 12.7. The Hall–Kier alpha value is -1.63. The fourth-order valence-corrected chi connectivity index (χ4v) is 2.26. The molecule has 1 heterocycles. The van der Waals surface area contributed by atoms with E-state index in [1.54, 1.807) is 0 Å². The van der Waals surface area contributed by atoms with E-state index in [-0.39, 0.29) is 0 Å². The lowest BCUT2D eigenvalue weighted by molar-refractivity contribution is 0.905. The number of nitrogens with zero attached hydrogens (tertiary/aromatic N) is 1. The number of fused-ring (bicyclic) bond motifs is 3. The molecule has 0 amide bonds. The molecule has 1 nitrogen and oxygen atoms in total. The summed E-state index contributed by atoms with van der Waals surface area (Å²) >= 11 is 0. The Kier molecular flexibility index (Phi) is 1.48. The van der Waals surface area contributed by atoms with Gasteiger partial charge in [-0.1, -0.05) is 37.3 Å². The average molecular weight is 181 g/mol. The highest BCUT2D eigenvalue weighted by Crippen LogP contribution is 2.42. The lowest BCUT2D eigenvalue weighted by Crippen LogP contribution is -1.91. The first-order chi connectivity index (χ1) is 6.88. The van der Waals surface area contributed by atoms with Gasteiger partial charge < -0.3 is 0 Å². The minimum absolute atomic E-state index is 0.447. The van der Waals surface area contributed by atoms with Crippen molar-refractivity contribution in [3.8, 4) is 11.1 Å². The average Bonchev–Trinajstić information content (AvgIpc) is 2.55. The lowest BCUT2D eigenvalue weighted by atomic mass is 10.0. The summed E-state index contributed by atoms with van der Waals surface area (Å²) < 4.78 is 0. The van der Waals surface area contributed by atoms with Crippen molar-refractivity contribution in [3.05, 3.63) is 53.9 Å². The van der Waals surface area contributed by atoms with E-state index >= 15 is 0 Å². The smallest absolute Gasteiger partial charge is 0.0554 e.